The molecule has 0 aliphatic carbocycles. The first kappa shape index (κ1) is 14.5. The number of nitrogens with zero attached hydrogens (tertiary/aromatic N) is 5. The second-order valence-corrected chi connectivity index (χ2v) is 5.55. The van der Waals surface area contributed by atoms with Crippen molar-refractivity contribution in [3.8, 4) is 0 Å². The summed E-state index contributed by atoms with van der Waals surface area (Å²) in [6, 6.07) is 0. The number of aryl methyl sites for hydroxylation is 2. The van der Waals surface area contributed by atoms with Crippen molar-refractivity contribution in [1.29, 1.82) is 0 Å². The molecule has 0 radical (unpaired) electrons. The van der Waals surface area contributed by atoms with E-state index in [0.29, 0.717) is 6.54 Å². The third kappa shape index (κ3) is 2.98. The lowest BCUT2D eigenvalue weighted by Crippen LogP contribution is -2.13. The molecule has 0 saturated carbocycles. The summed E-state index contributed by atoms with van der Waals surface area (Å²) in [7, 11) is 0. The third-order valence-electron chi connectivity index (χ3n) is 3.15. The van der Waals surface area contributed by atoms with Gasteiger partial charge in [-0.3, -0.25) is 4.68 Å². The minimum absolute atomic E-state index is 0.708. The van der Waals surface area contributed by atoms with Gasteiger partial charge in [-0.2, -0.15) is 10.2 Å². The van der Waals surface area contributed by atoms with Crippen molar-refractivity contribution in [3.05, 3.63) is 27.1 Å². The van der Waals surface area contributed by atoms with Gasteiger partial charge in [0.15, 0.2) is 0 Å². The van der Waals surface area contributed by atoms with Crippen LogP contribution in [0.5, 0.6) is 0 Å². The van der Waals surface area contributed by atoms with Crippen LogP contribution in [-0.4, -0.2) is 24.5 Å². The average Bonchev–Trinajstić information content (AvgIpc) is 2.95. The van der Waals surface area contributed by atoms with Gasteiger partial charge in [0, 0.05) is 6.54 Å². The zero-order chi connectivity index (χ0) is 13.8. The molecule has 2 aromatic rings. The summed E-state index contributed by atoms with van der Waals surface area (Å²) < 4.78 is 5.35. The molecule has 0 spiro atoms. The van der Waals surface area contributed by atoms with E-state index < -0.39 is 0 Å². The highest BCUT2D eigenvalue weighted by atomic mass is 127. The molecular formula is C13H20IN5. The Morgan fingerprint density at radius 3 is 2.58 bits per heavy atom. The van der Waals surface area contributed by atoms with Gasteiger partial charge in [0.25, 0.3) is 0 Å². The summed E-state index contributed by atoms with van der Waals surface area (Å²) in [5.41, 5.74) is 2.47. The molecule has 2 rings (SSSR count). The molecule has 6 heteroatoms. The Bertz CT molecular complexity index is 543. The van der Waals surface area contributed by atoms with Crippen LogP contribution in [0.4, 0.5) is 0 Å². The predicted octanol–water partition coefficient (Wildman–Crippen LogP) is 2.66. The largest absolute Gasteiger partial charge is 0.261 e. The van der Waals surface area contributed by atoms with Gasteiger partial charge < -0.3 is 0 Å². The number of hydrogen-bond acceptors (Lipinski definition) is 3. The van der Waals surface area contributed by atoms with Crippen LogP contribution in [0.3, 0.4) is 0 Å². The highest BCUT2D eigenvalue weighted by molar-refractivity contribution is 14.1. The lowest BCUT2D eigenvalue weighted by atomic mass is 10.2. The van der Waals surface area contributed by atoms with Crippen molar-refractivity contribution in [2.75, 3.05) is 0 Å². The lowest BCUT2D eigenvalue weighted by molar-refractivity contribution is 0.529. The van der Waals surface area contributed by atoms with E-state index in [0.717, 1.165) is 31.6 Å². The van der Waals surface area contributed by atoms with E-state index in [2.05, 4.69) is 58.1 Å². The molecular weight excluding hydrogens is 353 g/mol. The number of halogens is 1. The Morgan fingerprint density at radius 2 is 1.95 bits per heavy atom. The van der Waals surface area contributed by atoms with E-state index >= 15 is 0 Å². The van der Waals surface area contributed by atoms with Crippen LogP contribution in [-0.2, 0) is 25.9 Å². The number of hydrogen-bond donors (Lipinski definition) is 0. The fraction of sp³-hybridized carbons (Fsp3) is 0.615. The van der Waals surface area contributed by atoms with Gasteiger partial charge in [-0.05, 0) is 41.9 Å². The van der Waals surface area contributed by atoms with Crippen LogP contribution in [0.2, 0.25) is 0 Å². The monoisotopic (exact) mass is 373 g/mol. The van der Waals surface area contributed by atoms with E-state index in [1.165, 1.54) is 15.0 Å². The molecule has 0 aliphatic rings. The smallest absolute Gasteiger partial charge is 0.148 e. The van der Waals surface area contributed by atoms with Crippen LogP contribution in [0.1, 0.15) is 44.4 Å². The van der Waals surface area contributed by atoms with Gasteiger partial charge in [0.05, 0.1) is 15.0 Å². The van der Waals surface area contributed by atoms with Gasteiger partial charge in [-0.15, -0.1) is 0 Å². The second-order valence-electron chi connectivity index (χ2n) is 4.47. The molecule has 0 saturated heterocycles. The van der Waals surface area contributed by atoms with Crippen LogP contribution >= 0.6 is 22.6 Å². The molecule has 104 valence electrons. The molecule has 5 nitrogen and oxygen atoms in total. The second kappa shape index (κ2) is 6.49. The maximum Gasteiger partial charge on any atom is 0.148 e. The number of aromatic nitrogens is 5. The minimum Gasteiger partial charge on any atom is -0.261 e. The zero-order valence-electron chi connectivity index (χ0n) is 11.7. The molecule has 2 heterocycles. The van der Waals surface area contributed by atoms with Crippen molar-refractivity contribution in [3.63, 3.8) is 0 Å². The molecule has 0 amide bonds. The predicted molar refractivity (Wildman–Crippen MR) is 83.1 cm³/mol. The van der Waals surface area contributed by atoms with Crippen molar-refractivity contribution in [2.24, 2.45) is 0 Å². The first-order valence-corrected chi connectivity index (χ1v) is 7.89. The summed E-state index contributed by atoms with van der Waals surface area (Å²) in [5.74, 6) is 0.984. The molecule has 19 heavy (non-hydrogen) atoms. The number of rotatable bonds is 6. The van der Waals surface area contributed by atoms with E-state index in [1.807, 2.05) is 4.68 Å². The fourth-order valence-corrected chi connectivity index (χ4v) is 3.32. The van der Waals surface area contributed by atoms with E-state index in [9.17, 15) is 0 Å². The van der Waals surface area contributed by atoms with Crippen LogP contribution in [0.15, 0.2) is 6.33 Å². The fourth-order valence-electron chi connectivity index (χ4n) is 2.17. The Hall–Kier alpha value is -0.920. The SMILES string of the molecule is CCCn1ncnc1Cn1nc(CC)c(I)c1CC. The summed E-state index contributed by atoms with van der Waals surface area (Å²) in [4.78, 5) is 4.36. The molecule has 0 fully saturated rings. The molecule has 2 aromatic heterocycles. The standard InChI is InChI=1S/C13H20IN5/c1-4-7-18-12(15-9-16-18)8-19-11(6-3)13(14)10(5-2)17-19/h9H,4-8H2,1-3H3. The first-order chi connectivity index (χ1) is 9.21. The zero-order valence-corrected chi connectivity index (χ0v) is 13.9. The van der Waals surface area contributed by atoms with Gasteiger partial charge in [0.2, 0.25) is 0 Å². The van der Waals surface area contributed by atoms with Gasteiger partial charge in [0.1, 0.15) is 18.7 Å². The normalized spacial score (nSPS) is 11.2. The van der Waals surface area contributed by atoms with Crippen molar-refractivity contribution in [2.45, 2.75) is 53.1 Å². The maximum atomic E-state index is 4.70. The van der Waals surface area contributed by atoms with E-state index in [4.69, 9.17) is 5.10 Å². The van der Waals surface area contributed by atoms with Crippen molar-refractivity contribution in [1.82, 2.24) is 24.5 Å². The summed E-state index contributed by atoms with van der Waals surface area (Å²) in [6.07, 6.45) is 4.66. The molecule has 0 unspecified atom stereocenters. The Labute approximate surface area is 127 Å². The highest BCUT2D eigenvalue weighted by Crippen LogP contribution is 2.19. The van der Waals surface area contributed by atoms with E-state index in [-0.39, 0.29) is 0 Å². The highest BCUT2D eigenvalue weighted by Gasteiger charge is 2.15. The van der Waals surface area contributed by atoms with Crippen LogP contribution < -0.4 is 0 Å². The summed E-state index contributed by atoms with van der Waals surface area (Å²) >= 11 is 2.40. The molecule has 0 aromatic carbocycles. The van der Waals surface area contributed by atoms with Crippen molar-refractivity contribution < 1.29 is 0 Å². The Kier molecular flexibility index (Phi) is 4.95. The molecule has 0 atom stereocenters. The molecule has 0 N–H and O–H groups in total. The average molecular weight is 373 g/mol. The van der Waals surface area contributed by atoms with Crippen LogP contribution in [0, 0.1) is 3.57 Å². The Balaban J connectivity index is 2.29. The van der Waals surface area contributed by atoms with Crippen molar-refractivity contribution >= 4 is 22.6 Å². The minimum atomic E-state index is 0.708. The lowest BCUT2D eigenvalue weighted by Gasteiger charge is -2.07. The van der Waals surface area contributed by atoms with E-state index in [1.54, 1.807) is 6.33 Å². The van der Waals surface area contributed by atoms with Gasteiger partial charge >= 0.3 is 0 Å². The third-order valence-corrected chi connectivity index (χ3v) is 4.40. The maximum absolute atomic E-state index is 4.70. The first-order valence-electron chi connectivity index (χ1n) is 6.81. The summed E-state index contributed by atoms with van der Waals surface area (Å²) in [6.45, 7) is 8.09. The van der Waals surface area contributed by atoms with Gasteiger partial charge in [-0.1, -0.05) is 20.8 Å². The summed E-state index contributed by atoms with van der Waals surface area (Å²) in [5, 5.41) is 8.97. The molecule has 0 bridgehead atoms. The quantitative estimate of drug-likeness (QED) is 0.732. The Morgan fingerprint density at radius 1 is 1.16 bits per heavy atom. The molecule has 0 aliphatic heterocycles. The van der Waals surface area contributed by atoms with Crippen LogP contribution in [0.25, 0.3) is 0 Å². The van der Waals surface area contributed by atoms with Gasteiger partial charge in [-0.25, -0.2) is 9.67 Å². The topological polar surface area (TPSA) is 48.5 Å².